The Labute approximate surface area is 175 Å². The molecule has 0 aliphatic rings. The minimum absolute atomic E-state index is 0.0108. The van der Waals surface area contributed by atoms with Gasteiger partial charge in [0.2, 0.25) is 5.91 Å². The molecule has 0 saturated carbocycles. The minimum Gasteiger partial charge on any atom is -0.493 e. The van der Waals surface area contributed by atoms with Crippen molar-refractivity contribution in [1.82, 2.24) is 0 Å². The highest BCUT2D eigenvalue weighted by Crippen LogP contribution is 2.29. The van der Waals surface area contributed by atoms with Crippen LogP contribution in [0, 0.1) is 0 Å². The van der Waals surface area contributed by atoms with Crippen LogP contribution in [-0.4, -0.2) is 44.1 Å². The molecule has 0 aliphatic carbocycles. The van der Waals surface area contributed by atoms with Gasteiger partial charge < -0.3 is 24.8 Å². The van der Waals surface area contributed by atoms with Gasteiger partial charge in [-0.25, -0.2) is 4.79 Å². The smallest absolute Gasteiger partial charge is 0.338 e. The summed E-state index contributed by atoms with van der Waals surface area (Å²) in [5.41, 5.74) is 6.00. The predicted octanol–water partition coefficient (Wildman–Crippen LogP) is 2.55. The fourth-order valence-electron chi connectivity index (χ4n) is 2.66. The summed E-state index contributed by atoms with van der Waals surface area (Å²) in [6, 6.07) is 13.4. The summed E-state index contributed by atoms with van der Waals surface area (Å²) in [4.78, 5) is 37.6. The van der Waals surface area contributed by atoms with Crippen LogP contribution in [0.25, 0.3) is 0 Å². The van der Waals surface area contributed by atoms with Crippen LogP contribution in [0.15, 0.2) is 48.5 Å². The number of rotatable bonds is 10. The van der Waals surface area contributed by atoms with E-state index in [9.17, 15) is 14.4 Å². The molecule has 2 aromatic carbocycles. The van der Waals surface area contributed by atoms with Crippen LogP contribution < -0.4 is 20.1 Å². The second kappa shape index (κ2) is 10.8. The monoisotopic (exact) mass is 414 g/mol. The van der Waals surface area contributed by atoms with Crippen molar-refractivity contribution in [2.75, 3.05) is 25.2 Å². The first-order valence-corrected chi connectivity index (χ1v) is 9.47. The molecule has 30 heavy (non-hydrogen) atoms. The normalized spacial score (nSPS) is 10.4. The van der Waals surface area contributed by atoms with Crippen LogP contribution in [0.1, 0.15) is 30.6 Å². The Balaban J connectivity index is 2.07. The van der Waals surface area contributed by atoms with E-state index in [1.807, 2.05) is 13.8 Å². The summed E-state index contributed by atoms with van der Waals surface area (Å²) in [6.07, 6.45) is -0.0676. The van der Waals surface area contributed by atoms with Gasteiger partial charge in [0.1, 0.15) is 0 Å². The molecule has 160 valence electrons. The number of primary amides is 1. The van der Waals surface area contributed by atoms with Crippen LogP contribution in [0.5, 0.6) is 11.5 Å². The molecular formula is C22H26N2O6. The maximum atomic E-state index is 12.6. The van der Waals surface area contributed by atoms with Gasteiger partial charge in [-0.1, -0.05) is 18.2 Å². The number of methoxy groups -OCH3 is 1. The lowest BCUT2D eigenvalue weighted by Gasteiger charge is -2.22. The lowest BCUT2D eigenvalue weighted by molar-refractivity contribution is -0.121. The highest BCUT2D eigenvalue weighted by molar-refractivity contribution is 5.97. The summed E-state index contributed by atoms with van der Waals surface area (Å²) in [5, 5.41) is 0. The van der Waals surface area contributed by atoms with E-state index in [0.29, 0.717) is 17.2 Å². The quantitative estimate of drug-likeness (QED) is 0.599. The Hall–Kier alpha value is -3.55. The van der Waals surface area contributed by atoms with E-state index in [1.54, 1.807) is 36.4 Å². The summed E-state index contributed by atoms with van der Waals surface area (Å²) in [6.45, 7) is 3.36. The number of carbonyl (C=O) groups excluding carboxylic acids is 3. The van der Waals surface area contributed by atoms with Gasteiger partial charge in [-0.3, -0.25) is 9.59 Å². The molecule has 2 rings (SSSR count). The highest BCUT2D eigenvalue weighted by atomic mass is 16.5. The van der Waals surface area contributed by atoms with E-state index < -0.39 is 24.4 Å². The number of hydrogen-bond donors (Lipinski definition) is 1. The van der Waals surface area contributed by atoms with E-state index in [0.717, 1.165) is 0 Å². The number of nitrogens with two attached hydrogens (primary N) is 1. The van der Waals surface area contributed by atoms with E-state index in [2.05, 4.69) is 0 Å². The van der Waals surface area contributed by atoms with Gasteiger partial charge in [0.25, 0.3) is 5.91 Å². The van der Waals surface area contributed by atoms with Crippen molar-refractivity contribution in [2.45, 2.75) is 26.4 Å². The third-order valence-electron chi connectivity index (χ3n) is 4.04. The number of benzene rings is 2. The highest BCUT2D eigenvalue weighted by Gasteiger charge is 2.20. The summed E-state index contributed by atoms with van der Waals surface area (Å²) < 4.78 is 16.1. The molecule has 0 saturated heterocycles. The Morgan fingerprint density at radius 2 is 1.73 bits per heavy atom. The average molecular weight is 414 g/mol. The van der Waals surface area contributed by atoms with Crippen LogP contribution >= 0.6 is 0 Å². The average Bonchev–Trinajstić information content (AvgIpc) is 2.72. The van der Waals surface area contributed by atoms with Crippen molar-refractivity contribution >= 4 is 23.5 Å². The summed E-state index contributed by atoms with van der Waals surface area (Å²) in [5.74, 6) is -0.793. The molecule has 0 aliphatic heterocycles. The van der Waals surface area contributed by atoms with Crippen LogP contribution in [0.4, 0.5) is 5.69 Å². The first-order chi connectivity index (χ1) is 14.3. The van der Waals surface area contributed by atoms with Crippen LogP contribution in [0.2, 0.25) is 0 Å². The van der Waals surface area contributed by atoms with E-state index in [4.69, 9.17) is 19.9 Å². The molecule has 0 spiro atoms. The number of carbonyl (C=O) groups is 3. The molecule has 0 fully saturated rings. The molecule has 0 unspecified atom stereocenters. The maximum Gasteiger partial charge on any atom is 0.338 e. The van der Waals surface area contributed by atoms with Gasteiger partial charge in [0, 0.05) is 18.7 Å². The summed E-state index contributed by atoms with van der Waals surface area (Å²) in [7, 11) is 1.47. The molecule has 8 nitrogen and oxygen atoms in total. The summed E-state index contributed by atoms with van der Waals surface area (Å²) >= 11 is 0. The minimum atomic E-state index is -0.680. The van der Waals surface area contributed by atoms with Crippen molar-refractivity contribution in [1.29, 1.82) is 0 Å². The van der Waals surface area contributed by atoms with Crippen molar-refractivity contribution in [3.63, 3.8) is 0 Å². The Kier molecular flexibility index (Phi) is 8.22. The van der Waals surface area contributed by atoms with Gasteiger partial charge in [-0.2, -0.15) is 0 Å². The second-order valence-corrected chi connectivity index (χ2v) is 6.71. The Bertz CT molecular complexity index is 882. The number of nitrogens with zero attached hydrogens (tertiary/aromatic N) is 1. The van der Waals surface area contributed by atoms with Crippen molar-refractivity contribution in [3.05, 3.63) is 54.1 Å². The third kappa shape index (κ3) is 6.51. The Morgan fingerprint density at radius 3 is 2.33 bits per heavy atom. The zero-order valence-corrected chi connectivity index (χ0v) is 17.3. The lowest BCUT2D eigenvalue weighted by Crippen LogP contribution is -2.37. The molecule has 2 aromatic rings. The zero-order chi connectivity index (χ0) is 22.1. The van der Waals surface area contributed by atoms with Crippen LogP contribution in [0.3, 0.4) is 0 Å². The Morgan fingerprint density at radius 1 is 1.03 bits per heavy atom. The molecule has 0 bridgehead atoms. The van der Waals surface area contributed by atoms with Gasteiger partial charge in [-0.15, -0.1) is 0 Å². The molecular weight excluding hydrogens is 388 g/mol. The number of hydrogen-bond acceptors (Lipinski definition) is 6. The van der Waals surface area contributed by atoms with Crippen molar-refractivity contribution < 1.29 is 28.6 Å². The molecule has 0 aromatic heterocycles. The fraction of sp³-hybridized carbons (Fsp3) is 0.318. The van der Waals surface area contributed by atoms with Gasteiger partial charge >= 0.3 is 5.97 Å². The number of para-hydroxylation sites is 1. The number of ether oxygens (including phenoxy) is 3. The second-order valence-electron chi connectivity index (χ2n) is 6.71. The van der Waals surface area contributed by atoms with E-state index >= 15 is 0 Å². The topological polar surface area (TPSA) is 108 Å². The standard InChI is InChI=1S/C22H26N2O6/c1-15(2)30-18-10-9-16(13-19(18)28-3)22(27)29-14-21(26)24(12-11-20(23)25)17-7-5-4-6-8-17/h4-10,13,15H,11-12,14H2,1-3H3,(H2,23,25). The predicted molar refractivity (Wildman–Crippen MR) is 112 cm³/mol. The van der Waals surface area contributed by atoms with E-state index in [1.165, 1.54) is 24.1 Å². The SMILES string of the molecule is COc1cc(C(=O)OCC(=O)N(CCC(N)=O)c2ccccc2)ccc1OC(C)C. The fourth-order valence-corrected chi connectivity index (χ4v) is 2.66. The molecule has 8 heteroatoms. The van der Waals surface area contributed by atoms with Gasteiger partial charge in [0.15, 0.2) is 18.1 Å². The van der Waals surface area contributed by atoms with Crippen LogP contribution in [-0.2, 0) is 14.3 Å². The largest absolute Gasteiger partial charge is 0.493 e. The molecule has 0 radical (unpaired) electrons. The van der Waals surface area contributed by atoms with Crippen molar-refractivity contribution in [3.8, 4) is 11.5 Å². The molecule has 0 heterocycles. The first-order valence-electron chi connectivity index (χ1n) is 9.47. The lowest BCUT2D eigenvalue weighted by atomic mass is 10.2. The van der Waals surface area contributed by atoms with E-state index in [-0.39, 0.29) is 24.6 Å². The molecule has 2 N–H and O–H groups in total. The van der Waals surface area contributed by atoms with Gasteiger partial charge in [-0.05, 0) is 44.2 Å². The number of esters is 1. The zero-order valence-electron chi connectivity index (χ0n) is 17.3. The molecule has 2 amide bonds. The maximum absolute atomic E-state index is 12.6. The molecule has 0 atom stereocenters. The third-order valence-corrected chi connectivity index (χ3v) is 4.04. The van der Waals surface area contributed by atoms with Crippen molar-refractivity contribution in [2.24, 2.45) is 5.73 Å². The van der Waals surface area contributed by atoms with Gasteiger partial charge in [0.05, 0.1) is 18.8 Å². The first kappa shape index (κ1) is 22.7. The number of amides is 2. The number of anilines is 1.